The van der Waals surface area contributed by atoms with Crippen LogP contribution in [0.4, 0.5) is 26.3 Å². The van der Waals surface area contributed by atoms with Gasteiger partial charge < -0.3 is 8.83 Å². The van der Waals surface area contributed by atoms with Crippen molar-refractivity contribution in [3.8, 4) is 33.9 Å². The van der Waals surface area contributed by atoms with E-state index in [9.17, 15) is 26.3 Å². The number of halogens is 8. The van der Waals surface area contributed by atoms with Gasteiger partial charge in [0, 0.05) is 47.5 Å². The Hall–Kier alpha value is -5.92. The normalized spacial score (nSPS) is 11.6. The van der Waals surface area contributed by atoms with E-state index >= 15 is 0 Å². The molecule has 2 aromatic carbocycles. The van der Waals surface area contributed by atoms with Gasteiger partial charge in [0.15, 0.2) is 46.2 Å². The van der Waals surface area contributed by atoms with E-state index < -0.39 is 34.9 Å². The van der Waals surface area contributed by atoms with Gasteiger partial charge >= 0.3 is 11.7 Å². The third kappa shape index (κ3) is 7.56. The predicted octanol–water partition coefficient (Wildman–Crippen LogP) is 9.71. The Balaban J connectivity index is 0.000000137. The highest BCUT2D eigenvalue weighted by atomic mass is 127. The molecule has 0 N–H and O–H groups in total. The number of rotatable bonds is 5. The maximum Gasteiger partial charge on any atom is 0.307 e. The zero-order valence-electron chi connectivity index (χ0n) is 31.3. The molecular formula is C38H26F6I2N12O2. The van der Waals surface area contributed by atoms with E-state index in [-0.39, 0.29) is 40.1 Å². The summed E-state index contributed by atoms with van der Waals surface area (Å²) in [6.07, 6.45) is 6.02. The SMILES string of the molecule is CC(C)c1nnc2ccc(-c3c(-c4cc(F)c(F)cc4F)nc4occn34)nn12.CC(C)c1nnc2ccc(I)nn12.Fc1cc(F)c(-c2nc3occn3c2I)cc1F. The Morgan fingerprint density at radius 2 is 1.03 bits per heavy atom. The van der Waals surface area contributed by atoms with Crippen LogP contribution in [0.3, 0.4) is 0 Å². The lowest BCUT2D eigenvalue weighted by atomic mass is 10.1. The van der Waals surface area contributed by atoms with Gasteiger partial charge in [-0.3, -0.25) is 8.80 Å². The minimum absolute atomic E-state index is 0.0650. The van der Waals surface area contributed by atoms with Crippen LogP contribution in [0.25, 0.3) is 56.9 Å². The van der Waals surface area contributed by atoms with Gasteiger partial charge in [0.2, 0.25) is 0 Å². The zero-order chi connectivity index (χ0) is 42.6. The van der Waals surface area contributed by atoms with Gasteiger partial charge in [0.05, 0.1) is 0 Å². The lowest BCUT2D eigenvalue weighted by molar-refractivity contribution is 0.496. The monoisotopic (exact) mass is 1050 g/mol. The number of fused-ring (bicyclic) bond motifs is 4. The summed E-state index contributed by atoms with van der Waals surface area (Å²) >= 11 is 4.11. The molecule has 0 amide bonds. The maximum absolute atomic E-state index is 14.5. The fourth-order valence-corrected chi connectivity index (χ4v) is 7.16. The molecule has 10 aromatic rings. The first-order valence-corrected chi connectivity index (χ1v) is 19.8. The molecule has 10 rings (SSSR count). The first-order valence-electron chi connectivity index (χ1n) is 17.7. The molecular weight excluding hydrogens is 1020 g/mol. The van der Waals surface area contributed by atoms with Crippen molar-refractivity contribution in [2.75, 3.05) is 0 Å². The Labute approximate surface area is 360 Å². The molecule has 0 saturated carbocycles. The Morgan fingerprint density at radius 1 is 0.550 bits per heavy atom. The molecule has 0 aliphatic rings. The second-order valence-electron chi connectivity index (χ2n) is 13.5. The van der Waals surface area contributed by atoms with Gasteiger partial charge in [0.1, 0.15) is 54.3 Å². The largest absolute Gasteiger partial charge is 0.432 e. The van der Waals surface area contributed by atoms with Gasteiger partial charge in [0.25, 0.3) is 0 Å². The lowest BCUT2D eigenvalue weighted by Crippen LogP contribution is -2.03. The zero-order valence-corrected chi connectivity index (χ0v) is 35.6. The fourth-order valence-electron chi connectivity index (χ4n) is 5.99. The summed E-state index contributed by atoms with van der Waals surface area (Å²) in [4.78, 5) is 8.30. The smallest absolute Gasteiger partial charge is 0.307 e. The van der Waals surface area contributed by atoms with Crippen LogP contribution in [-0.4, -0.2) is 58.4 Å². The van der Waals surface area contributed by atoms with Crippen molar-refractivity contribution in [3.05, 3.63) is 127 Å². The predicted molar refractivity (Wildman–Crippen MR) is 220 cm³/mol. The van der Waals surface area contributed by atoms with Crippen molar-refractivity contribution in [1.82, 2.24) is 58.4 Å². The number of hydrogen-bond acceptors (Lipinski definition) is 10. The summed E-state index contributed by atoms with van der Waals surface area (Å²) in [5.74, 6) is -4.22. The molecule has 14 nitrogen and oxygen atoms in total. The molecule has 0 atom stereocenters. The highest BCUT2D eigenvalue weighted by Gasteiger charge is 2.24. The van der Waals surface area contributed by atoms with Crippen LogP contribution in [-0.2, 0) is 0 Å². The average Bonchev–Trinajstić information content (AvgIpc) is 4.06. The molecule has 0 unspecified atom stereocenters. The standard InChI is InChI=1S/C19H13F3N6O.C11H4F3IN2O.C8H9IN4/c1-9(2)18-25-24-15-4-3-14(26-28(15)18)17-16(23-19-27(17)5-6-29-19)10-7-12(21)13(22)8-11(10)20;12-6-4-8(14)7(13)3-5(6)9-10(15)17-1-2-18-11(17)16-9;1-5(2)8-11-10-7-4-3-6(9)12-13(7)8/h3-9H,1-2H3;1-4H;3-5H,1-2H3. The van der Waals surface area contributed by atoms with E-state index in [0.717, 1.165) is 27.3 Å². The fraction of sp³-hybridized carbons (Fsp3) is 0.158. The van der Waals surface area contributed by atoms with Crippen molar-refractivity contribution in [2.24, 2.45) is 0 Å². The molecule has 0 bridgehead atoms. The highest BCUT2D eigenvalue weighted by Crippen LogP contribution is 2.35. The number of benzene rings is 2. The first-order chi connectivity index (χ1) is 28.7. The molecule has 306 valence electrons. The second-order valence-corrected chi connectivity index (χ2v) is 15.6. The van der Waals surface area contributed by atoms with E-state index in [2.05, 4.69) is 77.0 Å². The average molecular weight is 1050 g/mol. The molecule has 0 fully saturated rings. The summed E-state index contributed by atoms with van der Waals surface area (Å²) in [5.41, 5.74) is 2.12. The highest BCUT2D eigenvalue weighted by molar-refractivity contribution is 14.1. The van der Waals surface area contributed by atoms with Crippen LogP contribution in [0, 0.1) is 42.3 Å². The van der Waals surface area contributed by atoms with Crippen LogP contribution in [0.2, 0.25) is 0 Å². The lowest BCUT2D eigenvalue weighted by Gasteiger charge is -2.07. The van der Waals surface area contributed by atoms with Crippen molar-refractivity contribution in [3.63, 3.8) is 0 Å². The summed E-state index contributed by atoms with van der Waals surface area (Å²) in [6, 6.07) is 9.78. The quantitative estimate of drug-likeness (QED) is 0.0928. The van der Waals surface area contributed by atoms with Crippen LogP contribution in [0.15, 0.2) is 82.3 Å². The molecule has 0 aliphatic carbocycles. The Morgan fingerprint density at radius 3 is 1.60 bits per heavy atom. The minimum atomic E-state index is -1.28. The first kappa shape index (κ1) is 40.8. The summed E-state index contributed by atoms with van der Waals surface area (Å²) in [7, 11) is 0. The molecule has 8 aromatic heterocycles. The Kier molecular flexibility index (Phi) is 11.1. The van der Waals surface area contributed by atoms with Crippen molar-refractivity contribution < 1.29 is 35.2 Å². The van der Waals surface area contributed by atoms with Gasteiger partial charge in [-0.2, -0.15) is 29.2 Å². The molecule has 0 aliphatic heterocycles. The van der Waals surface area contributed by atoms with E-state index in [0.29, 0.717) is 44.6 Å². The van der Waals surface area contributed by atoms with Crippen LogP contribution in [0.1, 0.15) is 51.2 Å². The third-order valence-corrected chi connectivity index (χ3v) is 10.4. The van der Waals surface area contributed by atoms with E-state index in [1.54, 1.807) is 42.4 Å². The number of oxazole rings is 2. The molecule has 8 heterocycles. The molecule has 60 heavy (non-hydrogen) atoms. The maximum atomic E-state index is 14.5. The van der Waals surface area contributed by atoms with Crippen molar-refractivity contribution in [2.45, 2.75) is 39.5 Å². The molecule has 0 radical (unpaired) electrons. The van der Waals surface area contributed by atoms with E-state index in [1.807, 2.05) is 48.6 Å². The van der Waals surface area contributed by atoms with Crippen LogP contribution in [0.5, 0.6) is 0 Å². The van der Waals surface area contributed by atoms with E-state index in [4.69, 9.17) is 8.83 Å². The van der Waals surface area contributed by atoms with Crippen LogP contribution >= 0.6 is 45.2 Å². The van der Waals surface area contributed by atoms with Crippen LogP contribution < -0.4 is 0 Å². The number of hydrogen-bond donors (Lipinski definition) is 0. The Bertz CT molecular complexity index is 3200. The number of imidazole rings is 2. The molecule has 22 heteroatoms. The topological polar surface area (TPSA) is 147 Å². The molecule has 0 saturated heterocycles. The molecule has 0 spiro atoms. The van der Waals surface area contributed by atoms with E-state index in [1.165, 1.54) is 12.5 Å². The summed E-state index contributed by atoms with van der Waals surface area (Å²) < 4.78 is 99.8. The summed E-state index contributed by atoms with van der Waals surface area (Å²) in [5, 5.41) is 25.3. The summed E-state index contributed by atoms with van der Waals surface area (Å²) in [6.45, 7) is 8.08. The second kappa shape index (κ2) is 16.3. The van der Waals surface area contributed by atoms with Gasteiger partial charge in [-0.25, -0.2) is 26.3 Å². The number of nitrogens with zero attached hydrogens (tertiary/aromatic N) is 12. The minimum Gasteiger partial charge on any atom is -0.432 e. The van der Waals surface area contributed by atoms with Gasteiger partial charge in [-0.05, 0) is 81.6 Å². The van der Waals surface area contributed by atoms with Gasteiger partial charge in [-0.1, -0.05) is 27.7 Å². The third-order valence-electron chi connectivity index (χ3n) is 8.81. The number of aromatic nitrogens is 12. The van der Waals surface area contributed by atoms with Crippen molar-refractivity contribution in [1.29, 1.82) is 0 Å². The van der Waals surface area contributed by atoms with Crippen molar-refractivity contribution >= 4 is 68.2 Å². The van der Waals surface area contributed by atoms with Gasteiger partial charge in [-0.15, -0.1) is 20.4 Å².